The van der Waals surface area contributed by atoms with Crippen LogP contribution in [0.4, 0.5) is 0 Å². The van der Waals surface area contributed by atoms with Crippen LogP contribution in [0.5, 0.6) is 0 Å². The molecule has 0 spiro atoms. The second-order valence-electron chi connectivity index (χ2n) is 11.7. The number of likely N-dealkylation sites (tertiary alicyclic amines) is 1. The number of ether oxygens (including phenoxy) is 2. The Labute approximate surface area is 231 Å². The molecule has 4 unspecified atom stereocenters. The van der Waals surface area contributed by atoms with Gasteiger partial charge in [0.05, 0.1) is 25.3 Å². The third-order valence-electron chi connectivity index (χ3n) is 7.80. The number of hydrogen-bond acceptors (Lipinski definition) is 9. The van der Waals surface area contributed by atoms with Crippen LogP contribution in [0.2, 0.25) is 0 Å². The quantitative estimate of drug-likeness (QED) is 0.317. The maximum Gasteiger partial charge on any atom is 0.322 e. The number of methoxy groups -OCH3 is 1. The van der Waals surface area contributed by atoms with E-state index in [1.54, 1.807) is 32.6 Å². The van der Waals surface area contributed by atoms with Crippen LogP contribution in [0, 0.1) is 11.8 Å². The van der Waals surface area contributed by atoms with Gasteiger partial charge in [-0.1, -0.05) is 26.2 Å². The van der Waals surface area contributed by atoms with Gasteiger partial charge in [0.15, 0.2) is 0 Å². The van der Waals surface area contributed by atoms with Crippen molar-refractivity contribution in [1.82, 2.24) is 19.6 Å². The number of sulfonamides is 1. The van der Waals surface area contributed by atoms with E-state index in [-0.39, 0.29) is 43.8 Å². The summed E-state index contributed by atoms with van der Waals surface area (Å²) in [5, 5.41) is 1.28. The summed E-state index contributed by atoms with van der Waals surface area (Å²) in [5.74, 6) is -2.81. The minimum absolute atomic E-state index is 0.0623. The van der Waals surface area contributed by atoms with Crippen LogP contribution in [0.25, 0.3) is 0 Å². The highest BCUT2D eigenvalue weighted by Crippen LogP contribution is 2.39. The lowest BCUT2D eigenvalue weighted by Gasteiger charge is -2.41. The van der Waals surface area contributed by atoms with Crippen molar-refractivity contribution in [3.8, 4) is 0 Å². The molecule has 4 atom stereocenters. The summed E-state index contributed by atoms with van der Waals surface area (Å²) >= 11 is 0. The number of rotatable bonds is 9. The van der Waals surface area contributed by atoms with Gasteiger partial charge in [0, 0.05) is 25.6 Å². The highest BCUT2D eigenvalue weighted by molar-refractivity contribution is 7.88. The molecular weight excluding hydrogens is 528 g/mol. The topological polar surface area (TPSA) is 143 Å². The summed E-state index contributed by atoms with van der Waals surface area (Å²) in [6.07, 6.45) is 5.90. The number of fused-ring (bicyclic) bond motifs is 1. The van der Waals surface area contributed by atoms with E-state index < -0.39 is 51.6 Å². The zero-order valence-electron chi connectivity index (χ0n) is 24.0. The molecule has 1 aliphatic carbocycles. The maximum absolute atomic E-state index is 14.4. The molecule has 1 N–H and O–H groups in total. The lowest BCUT2D eigenvalue weighted by Crippen LogP contribution is -2.61. The van der Waals surface area contributed by atoms with Crippen LogP contribution in [0.15, 0.2) is 0 Å². The minimum atomic E-state index is -3.63. The molecule has 2 saturated heterocycles. The number of carbonyl (C=O) groups is 4. The zero-order chi connectivity index (χ0) is 29.1. The SMILES string of the molecule is CCC(=O)N(NCC(=O)OC(C)(C)C)C(C(=O)N1CCC2C1C(C(=O)OC)CN2S(C)(=O)=O)C1CCCCC1. The van der Waals surface area contributed by atoms with Crippen molar-refractivity contribution in [2.45, 2.75) is 96.4 Å². The Bertz CT molecular complexity index is 1040. The van der Waals surface area contributed by atoms with Gasteiger partial charge in [-0.2, -0.15) is 4.31 Å². The lowest BCUT2D eigenvalue weighted by molar-refractivity contribution is -0.161. The molecule has 0 aromatic carbocycles. The molecule has 2 heterocycles. The first kappa shape index (κ1) is 31.3. The van der Waals surface area contributed by atoms with Crippen molar-refractivity contribution in [2.24, 2.45) is 11.8 Å². The first-order valence-corrected chi connectivity index (χ1v) is 15.7. The summed E-state index contributed by atoms with van der Waals surface area (Å²) in [6.45, 7) is 6.82. The maximum atomic E-state index is 14.4. The van der Waals surface area contributed by atoms with Crippen LogP contribution in [0.3, 0.4) is 0 Å². The predicted molar refractivity (Wildman–Crippen MR) is 142 cm³/mol. The van der Waals surface area contributed by atoms with Gasteiger partial charge in [-0.05, 0) is 46.0 Å². The second-order valence-corrected chi connectivity index (χ2v) is 13.7. The molecule has 0 aromatic rings. The van der Waals surface area contributed by atoms with Crippen LogP contribution >= 0.6 is 0 Å². The van der Waals surface area contributed by atoms with Gasteiger partial charge < -0.3 is 14.4 Å². The summed E-state index contributed by atoms with van der Waals surface area (Å²) in [5.41, 5.74) is 2.19. The highest BCUT2D eigenvalue weighted by Gasteiger charge is 2.57. The summed E-state index contributed by atoms with van der Waals surface area (Å²) in [6, 6.07) is -2.16. The van der Waals surface area contributed by atoms with Crippen molar-refractivity contribution >= 4 is 33.8 Å². The van der Waals surface area contributed by atoms with Crippen molar-refractivity contribution < 1.29 is 37.1 Å². The van der Waals surface area contributed by atoms with Gasteiger partial charge >= 0.3 is 11.9 Å². The Balaban J connectivity index is 1.95. The van der Waals surface area contributed by atoms with E-state index in [9.17, 15) is 27.6 Å². The standard InChI is InChI=1S/C26H44N4O8S/c1-7-20(31)30(27-15-21(32)38-26(2,3)4)22(17-11-9-8-10-12-17)24(33)28-14-13-19-23(28)18(25(34)37-5)16-29(19)39(6,35)36/h17-19,22-23,27H,7-16H2,1-6H3. The lowest BCUT2D eigenvalue weighted by atomic mass is 9.82. The molecule has 3 fully saturated rings. The Hall–Kier alpha value is -2.25. The van der Waals surface area contributed by atoms with E-state index in [0.717, 1.165) is 38.4 Å². The second kappa shape index (κ2) is 12.5. The van der Waals surface area contributed by atoms with E-state index in [0.29, 0.717) is 6.42 Å². The first-order chi connectivity index (χ1) is 18.2. The third kappa shape index (κ3) is 7.29. The van der Waals surface area contributed by atoms with Gasteiger partial charge in [-0.3, -0.25) is 24.2 Å². The average Bonchev–Trinajstić information content (AvgIpc) is 3.45. The number of amides is 2. The smallest absolute Gasteiger partial charge is 0.322 e. The van der Waals surface area contributed by atoms with Gasteiger partial charge in [0.2, 0.25) is 21.8 Å². The predicted octanol–water partition coefficient (Wildman–Crippen LogP) is 1.05. The number of hydrazine groups is 1. The van der Waals surface area contributed by atoms with Crippen molar-refractivity contribution in [2.75, 3.05) is 33.0 Å². The number of hydrogen-bond donors (Lipinski definition) is 1. The van der Waals surface area contributed by atoms with E-state index in [4.69, 9.17) is 9.47 Å². The fourth-order valence-electron chi connectivity index (χ4n) is 6.22. The molecule has 3 rings (SSSR count). The molecule has 0 aromatic heterocycles. The normalized spacial score (nSPS) is 25.2. The van der Waals surface area contributed by atoms with E-state index in [1.807, 2.05) is 0 Å². The van der Waals surface area contributed by atoms with E-state index in [2.05, 4.69) is 5.43 Å². The zero-order valence-corrected chi connectivity index (χ0v) is 24.8. The molecule has 3 aliphatic rings. The summed E-state index contributed by atoms with van der Waals surface area (Å²) < 4.78 is 36.7. The summed E-state index contributed by atoms with van der Waals surface area (Å²) in [7, 11) is -2.38. The molecule has 0 bridgehead atoms. The molecule has 0 radical (unpaired) electrons. The van der Waals surface area contributed by atoms with Gasteiger partial charge in [0.25, 0.3) is 0 Å². The Kier molecular flexibility index (Phi) is 10.0. The number of nitrogens with zero attached hydrogens (tertiary/aromatic N) is 3. The molecule has 39 heavy (non-hydrogen) atoms. The number of carbonyl (C=O) groups excluding carboxylic acids is 4. The fourth-order valence-corrected chi connectivity index (χ4v) is 7.38. The molecule has 12 nitrogen and oxygen atoms in total. The van der Waals surface area contributed by atoms with Crippen LogP contribution < -0.4 is 5.43 Å². The van der Waals surface area contributed by atoms with Gasteiger partial charge in [-0.15, -0.1) is 0 Å². The van der Waals surface area contributed by atoms with Gasteiger partial charge in [-0.25, -0.2) is 13.8 Å². The fraction of sp³-hybridized carbons (Fsp3) is 0.846. The molecule has 2 amide bonds. The Morgan fingerprint density at radius 1 is 1.08 bits per heavy atom. The first-order valence-electron chi connectivity index (χ1n) is 13.8. The van der Waals surface area contributed by atoms with Crippen LogP contribution in [0.1, 0.15) is 72.6 Å². The average molecular weight is 573 g/mol. The van der Waals surface area contributed by atoms with E-state index >= 15 is 0 Å². The minimum Gasteiger partial charge on any atom is -0.469 e. The van der Waals surface area contributed by atoms with Crippen molar-refractivity contribution in [1.29, 1.82) is 0 Å². The molecule has 13 heteroatoms. The molecule has 222 valence electrons. The Morgan fingerprint density at radius 3 is 2.26 bits per heavy atom. The number of esters is 2. The van der Waals surface area contributed by atoms with Crippen molar-refractivity contribution in [3.05, 3.63) is 0 Å². The van der Waals surface area contributed by atoms with Crippen LogP contribution in [-0.4, -0.2) is 103 Å². The van der Waals surface area contributed by atoms with Gasteiger partial charge in [0.1, 0.15) is 18.2 Å². The monoisotopic (exact) mass is 572 g/mol. The molecule has 1 saturated carbocycles. The number of nitrogens with one attached hydrogen (secondary N) is 1. The largest absolute Gasteiger partial charge is 0.469 e. The highest BCUT2D eigenvalue weighted by atomic mass is 32.2. The molecule has 2 aliphatic heterocycles. The molecular formula is C26H44N4O8S. The van der Waals surface area contributed by atoms with Crippen LogP contribution in [-0.2, 0) is 38.7 Å². The summed E-state index contributed by atoms with van der Waals surface area (Å²) in [4.78, 5) is 54.4. The van der Waals surface area contributed by atoms with Crippen molar-refractivity contribution in [3.63, 3.8) is 0 Å². The third-order valence-corrected chi connectivity index (χ3v) is 9.08. The van der Waals surface area contributed by atoms with E-state index in [1.165, 1.54) is 16.4 Å². The Morgan fingerprint density at radius 2 is 1.72 bits per heavy atom.